The first kappa shape index (κ1) is 12.2. The van der Waals surface area contributed by atoms with Crippen LogP contribution in [0.25, 0.3) is 0 Å². The molecule has 1 aliphatic carbocycles. The van der Waals surface area contributed by atoms with Crippen molar-refractivity contribution in [1.29, 1.82) is 0 Å². The van der Waals surface area contributed by atoms with Crippen molar-refractivity contribution in [1.82, 2.24) is 4.90 Å². The maximum Gasteiger partial charge on any atom is 0.240 e. The van der Waals surface area contributed by atoms with Crippen LogP contribution in [0.3, 0.4) is 0 Å². The monoisotopic (exact) mass is 243 g/mol. The van der Waals surface area contributed by atoms with E-state index in [1.165, 1.54) is 25.7 Å². The predicted molar refractivity (Wildman–Crippen MR) is 66.6 cm³/mol. The van der Waals surface area contributed by atoms with Crippen LogP contribution in [-0.2, 0) is 4.79 Å². The van der Waals surface area contributed by atoms with E-state index in [2.05, 4.69) is 0 Å². The highest BCUT2D eigenvalue weighted by Crippen LogP contribution is 2.31. The Morgan fingerprint density at radius 2 is 1.56 bits per heavy atom. The first-order valence-electron chi connectivity index (χ1n) is 6.72. The molecule has 1 amide bonds. The van der Waals surface area contributed by atoms with Gasteiger partial charge in [0.25, 0.3) is 0 Å². The molecule has 2 fully saturated rings. The summed E-state index contributed by atoms with van der Waals surface area (Å²) in [6, 6.07) is 0. The van der Waals surface area contributed by atoms with Gasteiger partial charge in [0.1, 0.15) is 5.38 Å². The van der Waals surface area contributed by atoms with Crippen molar-refractivity contribution in [3.8, 4) is 0 Å². The lowest BCUT2D eigenvalue weighted by Crippen LogP contribution is -2.40. The number of carbonyl (C=O) groups is 1. The second kappa shape index (κ2) is 5.90. The van der Waals surface area contributed by atoms with Gasteiger partial charge in [-0.05, 0) is 31.6 Å². The minimum absolute atomic E-state index is 0.204. The maximum atomic E-state index is 12.2. The average Bonchev–Trinajstić information content (AvgIpc) is 2.70. The summed E-state index contributed by atoms with van der Waals surface area (Å²) in [6.07, 6.45) is 9.63. The fraction of sp³-hybridized carbons (Fsp3) is 0.923. The van der Waals surface area contributed by atoms with Crippen molar-refractivity contribution < 1.29 is 4.79 Å². The van der Waals surface area contributed by atoms with E-state index in [-0.39, 0.29) is 11.3 Å². The van der Waals surface area contributed by atoms with E-state index < -0.39 is 0 Å². The number of alkyl halides is 1. The van der Waals surface area contributed by atoms with Crippen LogP contribution in [0.4, 0.5) is 0 Å². The molecule has 92 valence electrons. The molecule has 0 radical (unpaired) electrons. The molecule has 3 heteroatoms. The lowest BCUT2D eigenvalue weighted by Gasteiger charge is -2.25. The summed E-state index contributed by atoms with van der Waals surface area (Å²) < 4.78 is 0. The van der Waals surface area contributed by atoms with E-state index in [9.17, 15) is 4.79 Å². The highest BCUT2D eigenvalue weighted by molar-refractivity contribution is 6.30. The van der Waals surface area contributed by atoms with E-state index in [1.807, 2.05) is 4.90 Å². The number of carbonyl (C=O) groups excluding carboxylic acids is 1. The van der Waals surface area contributed by atoms with Crippen LogP contribution in [0.2, 0.25) is 0 Å². The summed E-state index contributed by atoms with van der Waals surface area (Å²) in [6.45, 7) is 1.85. The topological polar surface area (TPSA) is 20.3 Å². The summed E-state index contributed by atoms with van der Waals surface area (Å²) in [7, 11) is 0. The zero-order valence-corrected chi connectivity index (χ0v) is 10.7. The predicted octanol–water partition coefficient (Wildman–Crippen LogP) is 3.19. The first-order valence-corrected chi connectivity index (χ1v) is 7.15. The van der Waals surface area contributed by atoms with Crippen LogP contribution in [-0.4, -0.2) is 29.3 Å². The average molecular weight is 244 g/mol. The van der Waals surface area contributed by atoms with E-state index in [4.69, 9.17) is 11.6 Å². The van der Waals surface area contributed by atoms with Crippen LogP contribution >= 0.6 is 11.6 Å². The Morgan fingerprint density at radius 1 is 1.00 bits per heavy atom. The van der Waals surface area contributed by atoms with Crippen LogP contribution in [0.15, 0.2) is 0 Å². The van der Waals surface area contributed by atoms with Gasteiger partial charge in [0.15, 0.2) is 0 Å². The van der Waals surface area contributed by atoms with Crippen molar-refractivity contribution in [2.45, 2.75) is 56.7 Å². The van der Waals surface area contributed by atoms with Crippen molar-refractivity contribution in [2.75, 3.05) is 13.1 Å². The molecule has 0 N–H and O–H groups in total. The second-order valence-electron chi connectivity index (χ2n) is 5.19. The lowest BCUT2D eigenvalue weighted by atomic mass is 10.0. The van der Waals surface area contributed by atoms with E-state index in [0.29, 0.717) is 5.92 Å². The van der Waals surface area contributed by atoms with Crippen molar-refractivity contribution in [3.63, 3.8) is 0 Å². The summed E-state index contributed by atoms with van der Waals surface area (Å²) in [4.78, 5) is 14.2. The molecular formula is C13H22ClNO. The molecule has 1 atom stereocenters. The highest BCUT2D eigenvalue weighted by Gasteiger charge is 2.31. The van der Waals surface area contributed by atoms with Gasteiger partial charge in [0.05, 0.1) is 0 Å². The van der Waals surface area contributed by atoms with Gasteiger partial charge in [0, 0.05) is 13.1 Å². The van der Waals surface area contributed by atoms with Crippen LogP contribution < -0.4 is 0 Å². The molecule has 1 saturated heterocycles. The van der Waals surface area contributed by atoms with E-state index >= 15 is 0 Å². The van der Waals surface area contributed by atoms with Gasteiger partial charge in [-0.1, -0.05) is 25.7 Å². The molecule has 1 saturated carbocycles. The molecule has 0 aromatic carbocycles. The van der Waals surface area contributed by atoms with E-state index in [0.717, 1.165) is 38.8 Å². The largest absolute Gasteiger partial charge is 0.341 e. The minimum atomic E-state index is -0.249. The lowest BCUT2D eigenvalue weighted by molar-refractivity contribution is -0.131. The van der Waals surface area contributed by atoms with Gasteiger partial charge in [-0.3, -0.25) is 4.79 Å². The second-order valence-corrected chi connectivity index (χ2v) is 5.66. The van der Waals surface area contributed by atoms with Crippen LogP contribution in [0.5, 0.6) is 0 Å². The Balaban J connectivity index is 1.88. The zero-order valence-electron chi connectivity index (χ0n) is 9.96. The van der Waals surface area contributed by atoms with Gasteiger partial charge in [0.2, 0.25) is 5.91 Å². The molecular weight excluding hydrogens is 222 g/mol. The Bertz CT molecular complexity index is 226. The molecule has 1 unspecified atom stereocenters. The van der Waals surface area contributed by atoms with Crippen LogP contribution in [0, 0.1) is 5.92 Å². The molecule has 1 aliphatic heterocycles. The third-order valence-corrected chi connectivity index (χ3v) is 4.51. The van der Waals surface area contributed by atoms with Crippen LogP contribution in [0.1, 0.15) is 51.4 Å². The number of rotatable bonds is 2. The van der Waals surface area contributed by atoms with Crippen molar-refractivity contribution in [3.05, 3.63) is 0 Å². The Labute approximate surface area is 103 Å². The Morgan fingerprint density at radius 3 is 2.12 bits per heavy atom. The maximum absolute atomic E-state index is 12.2. The number of amides is 1. The van der Waals surface area contributed by atoms with Gasteiger partial charge in [-0.25, -0.2) is 0 Å². The van der Waals surface area contributed by atoms with Gasteiger partial charge >= 0.3 is 0 Å². The van der Waals surface area contributed by atoms with Crippen molar-refractivity contribution >= 4 is 17.5 Å². The Kier molecular flexibility index (Phi) is 4.51. The molecule has 0 aromatic heterocycles. The third kappa shape index (κ3) is 2.91. The number of nitrogens with zero attached hydrogens (tertiary/aromatic N) is 1. The number of hydrogen-bond donors (Lipinski definition) is 0. The number of halogens is 1. The molecule has 2 nitrogen and oxygen atoms in total. The summed E-state index contributed by atoms with van der Waals surface area (Å²) in [5.41, 5.74) is 0. The molecule has 0 bridgehead atoms. The molecule has 16 heavy (non-hydrogen) atoms. The molecule has 1 heterocycles. The summed E-state index contributed by atoms with van der Waals surface area (Å²) in [5, 5.41) is -0.249. The Hall–Kier alpha value is -0.240. The molecule has 2 aliphatic rings. The summed E-state index contributed by atoms with van der Waals surface area (Å²) in [5.74, 6) is 0.646. The fourth-order valence-corrected chi connectivity index (χ4v) is 3.31. The van der Waals surface area contributed by atoms with E-state index in [1.54, 1.807) is 0 Å². The van der Waals surface area contributed by atoms with Gasteiger partial charge < -0.3 is 4.90 Å². The fourth-order valence-electron chi connectivity index (χ4n) is 2.92. The molecule has 2 rings (SSSR count). The summed E-state index contributed by atoms with van der Waals surface area (Å²) >= 11 is 6.33. The zero-order chi connectivity index (χ0) is 11.4. The normalized spacial score (nSPS) is 25.4. The third-order valence-electron chi connectivity index (χ3n) is 3.97. The molecule has 0 aromatic rings. The smallest absolute Gasteiger partial charge is 0.240 e. The van der Waals surface area contributed by atoms with Crippen molar-refractivity contribution in [2.24, 2.45) is 5.92 Å². The molecule has 0 spiro atoms. The van der Waals surface area contributed by atoms with Gasteiger partial charge in [-0.2, -0.15) is 0 Å². The SMILES string of the molecule is O=C(C(Cl)C1CCCC1)N1CCCCCC1. The van der Waals surface area contributed by atoms with Gasteiger partial charge in [-0.15, -0.1) is 11.6 Å². The minimum Gasteiger partial charge on any atom is -0.341 e. The standard InChI is InChI=1S/C13H22ClNO/c14-12(11-7-3-4-8-11)13(16)15-9-5-1-2-6-10-15/h11-12H,1-10H2. The first-order chi connectivity index (χ1) is 7.79. The quantitative estimate of drug-likeness (QED) is 0.683. The number of hydrogen-bond acceptors (Lipinski definition) is 1. The highest BCUT2D eigenvalue weighted by atomic mass is 35.5. The number of likely N-dealkylation sites (tertiary alicyclic amines) is 1.